The van der Waals surface area contributed by atoms with Gasteiger partial charge in [0.05, 0.1) is 24.4 Å². The zero-order valence-electron chi connectivity index (χ0n) is 29.3. The van der Waals surface area contributed by atoms with Crippen molar-refractivity contribution in [3.8, 4) is 0 Å². The maximum atomic E-state index is 11.8. The first-order valence-corrected chi connectivity index (χ1v) is 17.6. The van der Waals surface area contributed by atoms with E-state index in [1.165, 1.54) is 16.7 Å². The average molecular weight is 685 g/mol. The molecule has 1 heterocycles. The standard InChI is InChI=1S/C12H15NO4.C10H16O2.C8H13NO.C8H12O2/c1-8-2-4-9(5-3-8)12(16)17-13-10(14)6-7-11(13)15;1-3-12-10(11)9-6-4-8(2)5-7-9;2*1-6-2-4-7(5-3-6)8(9)10/h9H,1-7H2;9H,2-7H2,1H3;7H,1-5H2,(H2,9,10);7H,1-5H2,(H,9,10). The fourth-order valence-electron chi connectivity index (χ4n) is 6.19. The van der Waals surface area contributed by atoms with E-state index in [2.05, 4.69) is 26.3 Å². The summed E-state index contributed by atoms with van der Waals surface area (Å²) in [5.41, 5.74) is 10.0. The van der Waals surface area contributed by atoms with Gasteiger partial charge >= 0.3 is 17.9 Å². The number of nitrogens with zero attached hydrogens (tertiary/aromatic N) is 1. The Labute approximate surface area is 291 Å². The molecular formula is C38H56N2O9. The number of carbonyl (C=O) groups excluding carboxylic acids is 5. The summed E-state index contributed by atoms with van der Waals surface area (Å²) in [5, 5.41) is 9.21. The molecule has 0 aromatic heterocycles. The van der Waals surface area contributed by atoms with Crippen molar-refractivity contribution in [2.75, 3.05) is 6.61 Å². The van der Waals surface area contributed by atoms with Gasteiger partial charge in [-0.1, -0.05) is 48.6 Å². The number of hydrogen-bond acceptors (Lipinski definition) is 8. The molecular weight excluding hydrogens is 628 g/mol. The largest absolute Gasteiger partial charge is 0.481 e. The molecule has 11 heteroatoms. The Morgan fingerprint density at radius 1 is 0.612 bits per heavy atom. The first-order chi connectivity index (χ1) is 23.2. The zero-order chi connectivity index (χ0) is 36.5. The monoisotopic (exact) mass is 684 g/mol. The molecule has 0 radical (unpaired) electrons. The van der Waals surface area contributed by atoms with Crippen molar-refractivity contribution in [2.45, 2.75) is 122 Å². The van der Waals surface area contributed by atoms with Crippen LogP contribution in [0.1, 0.15) is 122 Å². The quantitative estimate of drug-likeness (QED) is 0.176. The van der Waals surface area contributed by atoms with E-state index in [4.69, 9.17) is 20.4 Å². The lowest BCUT2D eigenvalue weighted by atomic mass is 9.86. The molecule has 1 saturated heterocycles. The zero-order valence-corrected chi connectivity index (χ0v) is 29.3. The Morgan fingerprint density at radius 2 is 0.939 bits per heavy atom. The van der Waals surface area contributed by atoms with E-state index in [1.54, 1.807) is 0 Å². The number of primary amides is 1. The van der Waals surface area contributed by atoms with Gasteiger partial charge in [-0.2, -0.15) is 0 Å². The number of esters is 1. The molecule has 5 rings (SSSR count). The molecule has 5 fully saturated rings. The number of aliphatic carboxylic acids is 1. The topological polar surface area (TPSA) is 170 Å². The van der Waals surface area contributed by atoms with Crippen molar-refractivity contribution in [3.63, 3.8) is 0 Å². The van der Waals surface area contributed by atoms with Gasteiger partial charge < -0.3 is 20.4 Å². The van der Waals surface area contributed by atoms with Crippen LogP contribution >= 0.6 is 0 Å². The molecule has 0 bridgehead atoms. The second kappa shape index (κ2) is 21.1. The fourth-order valence-corrected chi connectivity index (χ4v) is 6.19. The Hall–Kier alpha value is -4.02. The van der Waals surface area contributed by atoms with Crippen molar-refractivity contribution in [1.82, 2.24) is 5.06 Å². The highest BCUT2D eigenvalue weighted by atomic mass is 16.7. The predicted molar refractivity (Wildman–Crippen MR) is 185 cm³/mol. The van der Waals surface area contributed by atoms with E-state index in [0.29, 0.717) is 24.5 Å². The van der Waals surface area contributed by atoms with Crippen molar-refractivity contribution < 1.29 is 43.4 Å². The Balaban J connectivity index is 0.000000233. The SMILES string of the molecule is C=C1CCC(C(=O)O)CC1.C=C1CCC(C(=O)OCC)CC1.C=C1CCC(C(=O)ON2C(=O)CCC2=O)CC1.C=C1CCC(C(N)=O)CC1. The number of amides is 3. The van der Waals surface area contributed by atoms with Crippen molar-refractivity contribution in [2.24, 2.45) is 29.4 Å². The van der Waals surface area contributed by atoms with E-state index < -0.39 is 23.8 Å². The van der Waals surface area contributed by atoms with E-state index in [9.17, 15) is 28.8 Å². The van der Waals surface area contributed by atoms with Gasteiger partial charge in [0, 0.05) is 18.8 Å². The van der Waals surface area contributed by atoms with Crippen LogP contribution in [0.5, 0.6) is 0 Å². The van der Waals surface area contributed by atoms with Gasteiger partial charge in [-0.05, 0) is 110 Å². The summed E-state index contributed by atoms with van der Waals surface area (Å²) in [5.74, 6) is -2.22. The number of ether oxygens (including phenoxy) is 1. The predicted octanol–water partition coefficient (Wildman–Crippen LogP) is 6.67. The first-order valence-electron chi connectivity index (χ1n) is 17.6. The van der Waals surface area contributed by atoms with Gasteiger partial charge in [-0.25, -0.2) is 4.79 Å². The highest BCUT2D eigenvalue weighted by Crippen LogP contribution is 2.30. The molecule has 0 spiro atoms. The van der Waals surface area contributed by atoms with Crippen LogP contribution in [0.4, 0.5) is 0 Å². The van der Waals surface area contributed by atoms with Crippen LogP contribution in [0.15, 0.2) is 48.6 Å². The van der Waals surface area contributed by atoms with Crippen molar-refractivity contribution in [1.29, 1.82) is 0 Å². The second-order valence-electron chi connectivity index (χ2n) is 13.6. The number of imide groups is 1. The second-order valence-corrected chi connectivity index (χ2v) is 13.6. The molecule has 0 atom stereocenters. The van der Waals surface area contributed by atoms with E-state index in [1.807, 2.05) is 6.92 Å². The third-order valence-corrected chi connectivity index (χ3v) is 9.66. The van der Waals surface area contributed by atoms with Crippen LogP contribution in [0.3, 0.4) is 0 Å². The maximum Gasteiger partial charge on any atom is 0.336 e. The summed E-state index contributed by atoms with van der Waals surface area (Å²) >= 11 is 0. The third-order valence-electron chi connectivity index (χ3n) is 9.66. The van der Waals surface area contributed by atoms with Gasteiger partial charge in [0.25, 0.3) is 11.8 Å². The minimum absolute atomic E-state index is 0.0231. The molecule has 272 valence electrons. The number of allylic oxidation sites excluding steroid dienone is 4. The van der Waals surface area contributed by atoms with Gasteiger partial charge in [-0.15, -0.1) is 5.06 Å². The van der Waals surface area contributed by atoms with Gasteiger partial charge in [0.2, 0.25) is 5.91 Å². The lowest BCUT2D eigenvalue weighted by Gasteiger charge is -2.23. The Morgan fingerprint density at radius 3 is 1.27 bits per heavy atom. The smallest absolute Gasteiger partial charge is 0.336 e. The minimum atomic E-state index is -0.646. The number of hydrogen-bond donors (Lipinski definition) is 2. The molecule has 3 N–H and O–H groups in total. The Bertz CT molecular complexity index is 1180. The highest BCUT2D eigenvalue weighted by molar-refractivity contribution is 6.01. The summed E-state index contributed by atoms with van der Waals surface area (Å²) in [6.45, 7) is 17.8. The molecule has 4 aliphatic carbocycles. The van der Waals surface area contributed by atoms with Crippen molar-refractivity contribution >= 4 is 35.6 Å². The van der Waals surface area contributed by atoms with Crippen LogP contribution in [0.2, 0.25) is 0 Å². The lowest BCUT2D eigenvalue weighted by Crippen LogP contribution is -2.35. The molecule has 11 nitrogen and oxygen atoms in total. The normalized spacial score (nSPS) is 21.0. The van der Waals surface area contributed by atoms with Gasteiger partial charge in [0.15, 0.2) is 0 Å². The van der Waals surface area contributed by atoms with Gasteiger partial charge in [0.1, 0.15) is 0 Å². The summed E-state index contributed by atoms with van der Waals surface area (Å²) in [6.07, 6.45) is 14.2. The van der Waals surface area contributed by atoms with E-state index >= 15 is 0 Å². The third kappa shape index (κ3) is 15.0. The molecule has 0 aromatic carbocycles. The molecule has 0 aromatic rings. The number of carboxylic acids is 1. The van der Waals surface area contributed by atoms with Crippen LogP contribution < -0.4 is 5.73 Å². The van der Waals surface area contributed by atoms with Crippen LogP contribution in [0, 0.1) is 23.7 Å². The summed E-state index contributed by atoms with van der Waals surface area (Å²) < 4.78 is 4.95. The van der Waals surface area contributed by atoms with Crippen LogP contribution in [-0.4, -0.2) is 52.4 Å². The number of nitrogens with two attached hydrogens (primary N) is 1. The number of rotatable bonds is 6. The fraction of sp³-hybridized carbons (Fsp3) is 0.632. The summed E-state index contributed by atoms with van der Waals surface area (Å²) in [6, 6.07) is 0. The molecule has 5 aliphatic rings. The molecule has 1 aliphatic heterocycles. The number of hydroxylamine groups is 2. The van der Waals surface area contributed by atoms with E-state index in [0.717, 1.165) is 95.5 Å². The Kier molecular flexibility index (Phi) is 17.8. The molecule has 0 unspecified atom stereocenters. The molecule has 3 amide bonds. The average Bonchev–Trinajstić information content (AvgIpc) is 3.39. The molecule has 4 saturated carbocycles. The first kappa shape index (κ1) is 41.2. The maximum absolute atomic E-state index is 11.8. The number of carboxylic acid groups (broad SMARTS) is 1. The summed E-state index contributed by atoms with van der Waals surface area (Å²) in [7, 11) is 0. The van der Waals surface area contributed by atoms with Crippen molar-refractivity contribution in [3.05, 3.63) is 48.6 Å². The van der Waals surface area contributed by atoms with Gasteiger partial charge in [-0.3, -0.25) is 24.0 Å². The molecule has 49 heavy (non-hydrogen) atoms. The highest BCUT2D eigenvalue weighted by Gasteiger charge is 2.35. The summed E-state index contributed by atoms with van der Waals surface area (Å²) in [4.78, 5) is 71.5. The lowest BCUT2D eigenvalue weighted by molar-refractivity contribution is -0.201. The van der Waals surface area contributed by atoms with Crippen LogP contribution in [0.25, 0.3) is 0 Å². The van der Waals surface area contributed by atoms with E-state index in [-0.39, 0.29) is 48.4 Å². The number of carbonyl (C=O) groups is 6. The minimum Gasteiger partial charge on any atom is -0.481 e. The van der Waals surface area contributed by atoms with Crippen LogP contribution in [-0.2, 0) is 38.3 Å².